The number of benzene rings is 2. The van der Waals surface area contributed by atoms with Crippen molar-refractivity contribution in [2.75, 3.05) is 10.6 Å². The first kappa shape index (κ1) is 18.1. The molecule has 4 rings (SSSR count). The molecular formula is C19H17ClF2N6+2. The van der Waals surface area contributed by atoms with Crippen molar-refractivity contribution < 1.29 is 18.3 Å². The van der Waals surface area contributed by atoms with E-state index in [4.69, 9.17) is 11.6 Å². The third kappa shape index (κ3) is 3.34. The normalized spacial score (nSPS) is 11.0. The third-order valence-electron chi connectivity index (χ3n) is 4.24. The summed E-state index contributed by atoms with van der Waals surface area (Å²) in [5, 5.41) is 6.50. The van der Waals surface area contributed by atoms with Gasteiger partial charge in [-0.1, -0.05) is 29.8 Å². The zero-order valence-electron chi connectivity index (χ0n) is 14.9. The fourth-order valence-corrected chi connectivity index (χ4v) is 3.08. The topological polar surface area (TPSA) is 70.8 Å². The van der Waals surface area contributed by atoms with E-state index in [1.165, 1.54) is 18.2 Å². The maximum Gasteiger partial charge on any atom is 0.397 e. The number of halogens is 3. The second kappa shape index (κ2) is 7.40. The molecule has 2 heterocycles. The van der Waals surface area contributed by atoms with E-state index in [1.54, 1.807) is 12.3 Å². The Hall–Kier alpha value is -3.26. The molecule has 0 radical (unpaired) electrons. The second-order valence-corrected chi connectivity index (χ2v) is 6.44. The molecule has 0 bridgehead atoms. The molecule has 2 aromatic carbocycles. The lowest BCUT2D eigenvalue weighted by atomic mass is 10.3. The summed E-state index contributed by atoms with van der Waals surface area (Å²) in [6.07, 6.45) is 1.67. The van der Waals surface area contributed by atoms with Gasteiger partial charge in [0.1, 0.15) is 11.9 Å². The fraction of sp³-hybridized carbons (Fsp3) is 0.105. The van der Waals surface area contributed by atoms with Crippen LogP contribution in [0.25, 0.3) is 11.2 Å². The maximum absolute atomic E-state index is 13.9. The first-order valence-electron chi connectivity index (χ1n) is 8.63. The van der Waals surface area contributed by atoms with E-state index in [2.05, 4.69) is 25.6 Å². The molecule has 0 aliphatic rings. The molecule has 0 saturated carbocycles. The van der Waals surface area contributed by atoms with Gasteiger partial charge >= 0.3 is 11.9 Å². The molecule has 0 saturated heterocycles. The van der Waals surface area contributed by atoms with Gasteiger partial charge in [-0.05, 0) is 36.2 Å². The van der Waals surface area contributed by atoms with Crippen LogP contribution in [-0.4, -0.2) is 9.97 Å². The largest absolute Gasteiger partial charge is 0.397 e. The van der Waals surface area contributed by atoms with Crippen molar-refractivity contribution in [3.8, 4) is 0 Å². The zero-order chi connectivity index (χ0) is 19.7. The minimum absolute atomic E-state index is 0.210. The van der Waals surface area contributed by atoms with Gasteiger partial charge in [-0.25, -0.2) is 23.6 Å². The summed E-state index contributed by atoms with van der Waals surface area (Å²) in [5.74, 6) is -0.509. The number of aromatic nitrogens is 4. The first-order valence-corrected chi connectivity index (χ1v) is 9.01. The Labute approximate surface area is 164 Å². The van der Waals surface area contributed by atoms with Crippen molar-refractivity contribution in [1.29, 1.82) is 0 Å². The van der Waals surface area contributed by atoms with Gasteiger partial charge in [-0.3, -0.25) is 10.3 Å². The number of aromatic amines is 2. The number of rotatable bonds is 5. The smallest absolute Gasteiger partial charge is 0.264 e. The van der Waals surface area contributed by atoms with E-state index >= 15 is 0 Å². The summed E-state index contributed by atoms with van der Waals surface area (Å²) in [6, 6.07) is 11.0. The minimum atomic E-state index is -0.700. The van der Waals surface area contributed by atoms with Crippen LogP contribution in [0, 0.1) is 11.6 Å². The number of fused-ring (bicyclic) bond motifs is 1. The minimum Gasteiger partial charge on any atom is -0.264 e. The van der Waals surface area contributed by atoms with E-state index in [-0.39, 0.29) is 11.6 Å². The summed E-state index contributed by atoms with van der Waals surface area (Å²) in [7, 11) is 0. The Morgan fingerprint density at radius 2 is 1.86 bits per heavy atom. The average molecular weight is 403 g/mol. The van der Waals surface area contributed by atoms with Gasteiger partial charge < -0.3 is 0 Å². The van der Waals surface area contributed by atoms with E-state index in [1.807, 2.05) is 29.7 Å². The van der Waals surface area contributed by atoms with Crippen molar-refractivity contribution in [3.05, 3.63) is 65.3 Å². The standard InChI is InChI=1S/C19H15ClF2N6/c1-2-28-17-15(25-19(28)24-14-9-4-3-6-11(14)20)10-23-18(27-17)26-16-12(21)7-5-8-13(16)22/h3-10H,2H2,1H3,(H2,23,24,25,26,27)/p+2. The van der Waals surface area contributed by atoms with E-state index in [0.717, 1.165) is 11.2 Å². The van der Waals surface area contributed by atoms with Gasteiger partial charge in [-0.2, -0.15) is 0 Å². The van der Waals surface area contributed by atoms with Crippen LogP contribution in [0.1, 0.15) is 6.92 Å². The highest BCUT2D eigenvalue weighted by Gasteiger charge is 2.23. The van der Waals surface area contributed by atoms with Crippen molar-refractivity contribution in [3.63, 3.8) is 0 Å². The van der Waals surface area contributed by atoms with Gasteiger partial charge in [0.15, 0.2) is 22.8 Å². The average Bonchev–Trinajstić information content (AvgIpc) is 3.03. The molecule has 142 valence electrons. The van der Waals surface area contributed by atoms with Crippen LogP contribution < -0.4 is 20.2 Å². The zero-order valence-corrected chi connectivity index (χ0v) is 15.6. The molecule has 0 spiro atoms. The molecule has 4 aromatic rings. The van der Waals surface area contributed by atoms with Crippen molar-refractivity contribution >= 4 is 46.0 Å². The molecular weight excluding hydrogens is 386 g/mol. The highest BCUT2D eigenvalue weighted by molar-refractivity contribution is 6.33. The predicted octanol–water partition coefficient (Wildman–Crippen LogP) is 4.10. The van der Waals surface area contributed by atoms with Gasteiger partial charge in [0.05, 0.1) is 11.6 Å². The Morgan fingerprint density at radius 3 is 2.57 bits per heavy atom. The van der Waals surface area contributed by atoms with Crippen LogP contribution in [0.4, 0.5) is 32.1 Å². The number of aryl methyl sites for hydroxylation is 1. The summed E-state index contributed by atoms with van der Waals surface area (Å²) < 4.78 is 29.7. The van der Waals surface area contributed by atoms with Crippen molar-refractivity contribution in [1.82, 2.24) is 9.97 Å². The van der Waals surface area contributed by atoms with Crippen LogP contribution in [0.5, 0.6) is 0 Å². The van der Waals surface area contributed by atoms with Crippen molar-refractivity contribution in [2.24, 2.45) is 0 Å². The Kier molecular flexibility index (Phi) is 4.79. The summed E-state index contributed by atoms with van der Waals surface area (Å²) in [5.41, 5.74) is 1.80. The van der Waals surface area contributed by atoms with Gasteiger partial charge in [0.2, 0.25) is 0 Å². The molecule has 0 fully saturated rings. The Morgan fingerprint density at radius 1 is 1.11 bits per heavy atom. The molecule has 0 aliphatic heterocycles. The van der Waals surface area contributed by atoms with Crippen LogP contribution in [-0.2, 0) is 6.54 Å². The van der Waals surface area contributed by atoms with E-state index < -0.39 is 11.6 Å². The highest BCUT2D eigenvalue weighted by atomic mass is 35.5. The van der Waals surface area contributed by atoms with Crippen LogP contribution in [0.3, 0.4) is 0 Å². The quantitative estimate of drug-likeness (QED) is 0.440. The van der Waals surface area contributed by atoms with Crippen molar-refractivity contribution in [2.45, 2.75) is 13.5 Å². The lowest BCUT2D eigenvalue weighted by Gasteiger charge is -2.04. The lowest BCUT2D eigenvalue weighted by Crippen LogP contribution is -2.35. The maximum atomic E-state index is 13.9. The van der Waals surface area contributed by atoms with Crippen LogP contribution in [0.15, 0.2) is 48.7 Å². The van der Waals surface area contributed by atoms with Gasteiger partial charge in [0, 0.05) is 0 Å². The second-order valence-electron chi connectivity index (χ2n) is 6.03. The lowest BCUT2D eigenvalue weighted by molar-refractivity contribution is -0.655. The van der Waals surface area contributed by atoms with Gasteiger partial charge in [-0.15, -0.1) is 0 Å². The van der Waals surface area contributed by atoms with Gasteiger partial charge in [0.25, 0.3) is 5.65 Å². The molecule has 2 aromatic heterocycles. The highest BCUT2D eigenvalue weighted by Crippen LogP contribution is 2.24. The number of H-pyrrole nitrogens is 2. The number of nitrogens with zero attached hydrogens (tertiary/aromatic N) is 2. The van der Waals surface area contributed by atoms with E-state index in [0.29, 0.717) is 23.2 Å². The summed E-state index contributed by atoms with van der Waals surface area (Å²) in [6.45, 7) is 2.57. The number of imidazole rings is 1. The molecule has 6 nitrogen and oxygen atoms in total. The molecule has 0 aliphatic carbocycles. The van der Waals surface area contributed by atoms with Crippen LogP contribution >= 0.6 is 11.6 Å². The Balaban J connectivity index is 1.72. The van der Waals surface area contributed by atoms with E-state index in [9.17, 15) is 8.78 Å². The fourth-order valence-electron chi connectivity index (χ4n) is 2.90. The molecule has 4 N–H and O–H groups in total. The third-order valence-corrected chi connectivity index (χ3v) is 4.57. The molecule has 28 heavy (non-hydrogen) atoms. The number of hydrogen-bond acceptors (Lipinski definition) is 3. The Bertz CT molecular complexity index is 1140. The summed E-state index contributed by atoms with van der Waals surface area (Å²) in [4.78, 5) is 10.6. The molecule has 0 amide bonds. The van der Waals surface area contributed by atoms with Crippen LogP contribution in [0.2, 0.25) is 5.02 Å². The number of para-hydroxylation sites is 2. The number of anilines is 4. The predicted molar refractivity (Wildman–Crippen MR) is 103 cm³/mol. The number of hydrogen-bond donors (Lipinski definition) is 3. The summed E-state index contributed by atoms with van der Waals surface area (Å²) >= 11 is 6.23. The first-order chi connectivity index (χ1) is 13.6. The molecule has 0 atom stereocenters. The monoisotopic (exact) mass is 402 g/mol. The molecule has 9 heteroatoms. The molecule has 0 unspecified atom stereocenters. The number of nitrogens with one attached hydrogen (secondary N) is 4. The SMILES string of the molecule is CC[n+]1c(Nc2ccccc2Cl)[nH]c2c[nH+]c(Nc3c(F)cccc3F)nc21.